The average Bonchev–Trinajstić information content (AvgIpc) is 1.75. The van der Waals surface area contributed by atoms with Gasteiger partial charge >= 0.3 is 0 Å². The molecule has 1 rings (SSSR count). The van der Waals surface area contributed by atoms with Crippen molar-refractivity contribution < 1.29 is 4.21 Å². The van der Waals surface area contributed by atoms with E-state index in [4.69, 9.17) is 0 Å². The van der Waals surface area contributed by atoms with Crippen molar-refractivity contribution in [1.82, 2.24) is 0 Å². The van der Waals surface area contributed by atoms with Crippen molar-refractivity contribution >= 4 is 16.7 Å². The molecule has 0 aromatic rings. The molecule has 1 aliphatic rings. The highest BCUT2D eigenvalue weighted by molar-refractivity contribution is 7.85. The molecule has 0 N–H and O–H groups in total. The average molecular weight is 173 g/mol. The van der Waals surface area contributed by atoms with Crippen molar-refractivity contribution in [1.29, 1.82) is 0 Å². The predicted octanol–water partition coefficient (Wildman–Crippen LogP) is 2.07. The van der Waals surface area contributed by atoms with Crippen LogP contribution >= 0.6 is 0 Å². The van der Waals surface area contributed by atoms with Crippen LogP contribution in [0.2, 0.25) is 0 Å². The molecule has 11 heavy (non-hydrogen) atoms. The molecule has 0 aromatic carbocycles. The first-order valence-corrected chi connectivity index (χ1v) is 5.09. The van der Waals surface area contributed by atoms with E-state index >= 15 is 0 Å². The first kappa shape index (κ1) is 8.91. The number of hydrogen-bond donors (Lipinski definition) is 0. The quantitative estimate of drug-likeness (QED) is 0.597. The highest BCUT2D eigenvalue weighted by atomic mass is 32.2. The van der Waals surface area contributed by atoms with E-state index in [-0.39, 0.29) is 4.75 Å². The highest BCUT2D eigenvalue weighted by Crippen LogP contribution is 2.19. The number of hydrogen-bond acceptors (Lipinski definition) is 1. The molecule has 0 spiro atoms. The molecular weight excluding hydrogens is 158 g/mol. The Bertz CT molecular complexity index is 197. The molecule has 0 heterocycles. The van der Waals surface area contributed by atoms with E-state index in [0.29, 0.717) is 0 Å². The molecule has 0 amide bonds. The summed E-state index contributed by atoms with van der Waals surface area (Å²) in [5, 5.41) is 0. The number of nitrogens with zero attached hydrogens (tertiary/aromatic N) is 1. The van der Waals surface area contributed by atoms with E-state index in [1.165, 1.54) is 6.42 Å². The van der Waals surface area contributed by atoms with Crippen LogP contribution in [-0.4, -0.2) is 14.7 Å². The minimum absolute atomic E-state index is 0.192. The summed E-state index contributed by atoms with van der Waals surface area (Å²) < 4.78 is 15.3. The lowest BCUT2D eigenvalue weighted by Gasteiger charge is -2.18. The Balaban J connectivity index is 2.55. The van der Waals surface area contributed by atoms with Crippen LogP contribution in [-0.2, 0) is 11.0 Å². The van der Waals surface area contributed by atoms with Gasteiger partial charge in [0.05, 0.1) is 4.75 Å². The van der Waals surface area contributed by atoms with E-state index in [2.05, 4.69) is 4.40 Å². The molecule has 0 unspecified atom stereocenters. The Labute approximate surface area is 70.7 Å². The van der Waals surface area contributed by atoms with Crippen molar-refractivity contribution in [2.45, 2.75) is 44.8 Å². The molecule has 0 radical (unpaired) electrons. The summed E-state index contributed by atoms with van der Waals surface area (Å²) in [5.41, 5.74) is 1.14. The topological polar surface area (TPSA) is 29.4 Å². The van der Waals surface area contributed by atoms with Gasteiger partial charge in [0.1, 0.15) is 11.0 Å². The van der Waals surface area contributed by atoms with E-state index in [1.807, 2.05) is 20.8 Å². The predicted molar refractivity (Wildman–Crippen MR) is 49.2 cm³/mol. The van der Waals surface area contributed by atoms with Crippen molar-refractivity contribution in [3.05, 3.63) is 0 Å². The highest BCUT2D eigenvalue weighted by Gasteiger charge is 2.21. The van der Waals surface area contributed by atoms with Crippen LogP contribution in [0.5, 0.6) is 0 Å². The first-order valence-electron chi connectivity index (χ1n) is 3.98. The maximum Gasteiger partial charge on any atom is 0.144 e. The Kier molecular flexibility index (Phi) is 2.47. The summed E-state index contributed by atoms with van der Waals surface area (Å²) >= 11 is 0. The summed E-state index contributed by atoms with van der Waals surface area (Å²) in [6.45, 7) is 5.85. The van der Waals surface area contributed by atoms with E-state index in [1.54, 1.807) is 0 Å². The maximum absolute atomic E-state index is 11.4. The van der Waals surface area contributed by atoms with Gasteiger partial charge in [0.25, 0.3) is 0 Å². The summed E-state index contributed by atoms with van der Waals surface area (Å²) in [7, 11) is -1.03. The number of rotatable bonds is 1. The standard InChI is InChI=1S/C8H15NOS/c1-8(2,3)11(10)9-7-5-4-6-7/h4-6H2,1-3H3/t11-/m0/s1. The second-order valence-corrected chi connectivity index (χ2v) is 5.78. The molecule has 0 aliphatic heterocycles. The zero-order valence-corrected chi connectivity index (χ0v) is 8.20. The van der Waals surface area contributed by atoms with Gasteiger partial charge < -0.3 is 0 Å². The summed E-state index contributed by atoms with van der Waals surface area (Å²) in [5.74, 6) is 0. The van der Waals surface area contributed by atoms with Crippen molar-refractivity contribution in [3.8, 4) is 0 Å². The summed E-state index contributed by atoms with van der Waals surface area (Å²) in [4.78, 5) is 0. The molecule has 0 bridgehead atoms. The van der Waals surface area contributed by atoms with Crippen LogP contribution in [0.3, 0.4) is 0 Å². The molecule has 1 atom stereocenters. The lowest BCUT2D eigenvalue weighted by Crippen LogP contribution is -2.22. The van der Waals surface area contributed by atoms with Gasteiger partial charge in [0.2, 0.25) is 0 Å². The van der Waals surface area contributed by atoms with Gasteiger partial charge in [-0.15, -0.1) is 0 Å². The SMILES string of the molecule is CC(C)(C)[S@](=O)N=C1CCC1. The van der Waals surface area contributed by atoms with Crippen molar-refractivity contribution in [3.63, 3.8) is 0 Å². The van der Waals surface area contributed by atoms with Crippen LogP contribution in [0.1, 0.15) is 40.0 Å². The third kappa shape index (κ3) is 2.40. The van der Waals surface area contributed by atoms with Gasteiger partial charge in [-0.1, -0.05) is 0 Å². The molecular formula is C8H15NOS. The van der Waals surface area contributed by atoms with Gasteiger partial charge in [-0.3, -0.25) is 0 Å². The molecule has 64 valence electrons. The van der Waals surface area contributed by atoms with E-state index in [9.17, 15) is 4.21 Å². The second kappa shape index (κ2) is 3.05. The molecule has 2 nitrogen and oxygen atoms in total. The second-order valence-electron chi connectivity index (χ2n) is 3.87. The molecule has 0 saturated heterocycles. The minimum Gasteiger partial charge on any atom is -0.234 e. The third-order valence-corrected chi connectivity index (χ3v) is 3.14. The smallest absolute Gasteiger partial charge is 0.144 e. The van der Waals surface area contributed by atoms with Gasteiger partial charge in [0, 0.05) is 5.71 Å². The fourth-order valence-corrected chi connectivity index (χ4v) is 1.37. The summed E-state index contributed by atoms with van der Waals surface area (Å²) in [6, 6.07) is 0. The normalized spacial score (nSPS) is 20.8. The van der Waals surface area contributed by atoms with Crippen LogP contribution in [0.15, 0.2) is 4.40 Å². The van der Waals surface area contributed by atoms with Gasteiger partial charge in [-0.25, -0.2) is 4.21 Å². The lowest BCUT2D eigenvalue weighted by atomic mass is 9.98. The fraction of sp³-hybridized carbons (Fsp3) is 0.875. The van der Waals surface area contributed by atoms with E-state index in [0.717, 1.165) is 18.6 Å². The maximum atomic E-state index is 11.4. The zero-order chi connectivity index (χ0) is 8.48. The summed E-state index contributed by atoms with van der Waals surface area (Å²) in [6.07, 6.45) is 3.34. The molecule has 3 heteroatoms. The van der Waals surface area contributed by atoms with Gasteiger partial charge in [-0.05, 0) is 40.0 Å². The molecule has 1 saturated carbocycles. The van der Waals surface area contributed by atoms with Crippen LogP contribution in [0, 0.1) is 0 Å². The van der Waals surface area contributed by atoms with Crippen LogP contribution < -0.4 is 0 Å². The van der Waals surface area contributed by atoms with Crippen molar-refractivity contribution in [2.24, 2.45) is 4.40 Å². The Hall–Kier alpha value is -0.180. The van der Waals surface area contributed by atoms with Gasteiger partial charge in [0.15, 0.2) is 0 Å². The van der Waals surface area contributed by atoms with Crippen LogP contribution in [0.4, 0.5) is 0 Å². The minimum atomic E-state index is -1.03. The van der Waals surface area contributed by atoms with Crippen LogP contribution in [0.25, 0.3) is 0 Å². The van der Waals surface area contributed by atoms with Crippen molar-refractivity contribution in [2.75, 3.05) is 0 Å². The molecule has 1 fully saturated rings. The third-order valence-electron chi connectivity index (χ3n) is 1.67. The first-order chi connectivity index (χ1) is 5.00. The zero-order valence-electron chi connectivity index (χ0n) is 7.39. The largest absolute Gasteiger partial charge is 0.234 e. The van der Waals surface area contributed by atoms with E-state index < -0.39 is 11.0 Å². The lowest BCUT2D eigenvalue weighted by molar-refractivity contribution is 0.649. The van der Waals surface area contributed by atoms with Gasteiger partial charge in [-0.2, -0.15) is 4.40 Å². The Morgan fingerprint density at radius 3 is 2.18 bits per heavy atom. The molecule has 0 aromatic heterocycles. The fourth-order valence-electron chi connectivity index (χ4n) is 0.680. The Morgan fingerprint density at radius 1 is 1.36 bits per heavy atom. The molecule has 1 aliphatic carbocycles. The Morgan fingerprint density at radius 2 is 1.91 bits per heavy atom. The monoisotopic (exact) mass is 173 g/mol.